The van der Waals surface area contributed by atoms with Crippen LogP contribution in [0.1, 0.15) is 40.2 Å². The van der Waals surface area contributed by atoms with E-state index in [1.165, 1.54) is 0 Å². The van der Waals surface area contributed by atoms with Gasteiger partial charge in [-0.25, -0.2) is 0 Å². The second kappa shape index (κ2) is 5.03. The van der Waals surface area contributed by atoms with Gasteiger partial charge in [0.15, 0.2) is 0 Å². The Kier molecular flexibility index (Phi) is 3.53. The number of methoxy groups -OCH3 is 1. The number of ether oxygens (including phenoxy) is 1. The maximum absolute atomic E-state index is 6.22. The van der Waals surface area contributed by atoms with E-state index in [9.17, 15) is 0 Å². The van der Waals surface area contributed by atoms with Gasteiger partial charge in [-0.1, -0.05) is 13.0 Å². The first-order valence-electron chi connectivity index (χ1n) is 7.83. The Labute approximate surface area is 132 Å². The van der Waals surface area contributed by atoms with Crippen molar-refractivity contribution in [1.82, 2.24) is 4.98 Å². The number of rotatable bonds is 3. The van der Waals surface area contributed by atoms with Crippen LogP contribution in [0.2, 0.25) is 0 Å². The quantitative estimate of drug-likeness (QED) is 0.886. The summed E-state index contributed by atoms with van der Waals surface area (Å²) < 4.78 is 18.0. The zero-order valence-electron chi connectivity index (χ0n) is 14.2. The smallest absolute Gasteiger partial charge is 0.494 e. The van der Waals surface area contributed by atoms with Crippen molar-refractivity contribution in [1.29, 1.82) is 0 Å². The molecule has 1 fully saturated rings. The van der Waals surface area contributed by atoms with Crippen molar-refractivity contribution in [2.24, 2.45) is 0 Å². The van der Waals surface area contributed by atoms with Gasteiger partial charge in [-0.3, -0.25) is 0 Å². The van der Waals surface area contributed by atoms with E-state index in [4.69, 9.17) is 14.0 Å². The van der Waals surface area contributed by atoms with Crippen LogP contribution in [-0.2, 0) is 15.7 Å². The number of aromatic nitrogens is 1. The van der Waals surface area contributed by atoms with E-state index in [1.807, 2.05) is 6.20 Å². The average molecular weight is 301 g/mol. The van der Waals surface area contributed by atoms with Crippen LogP contribution in [0.15, 0.2) is 18.3 Å². The fraction of sp³-hybridized carbons (Fsp3) is 0.529. The summed E-state index contributed by atoms with van der Waals surface area (Å²) >= 11 is 0. The highest BCUT2D eigenvalue weighted by atomic mass is 16.7. The summed E-state index contributed by atoms with van der Waals surface area (Å²) in [5.74, 6) is 0.905. The topological polar surface area (TPSA) is 43.5 Å². The first-order chi connectivity index (χ1) is 10.3. The molecule has 2 heterocycles. The molecule has 1 aromatic heterocycles. The van der Waals surface area contributed by atoms with Gasteiger partial charge in [0.1, 0.15) is 5.75 Å². The molecule has 0 unspecified atom stereocenters. The predicted octanol–water partition coefficient (Wildman–Crippen LogP) is 3.04. The van der Waals surface area contributed by atoms with Crippen molar-refractivity contribution >= 4 is 23.5 Å². The predicted molar refractivity (Wildman–Crippen MR) is 89.9 cm³/mol. The van der Waals surface area contributed by atoms with Crippen LogP contribution in [-0.4, -0.2) is 30.4 Å². The van der Waals surface area contributed by atoms with Crippen LogP contribution in [0.3, 0.4) is 0 Å². The van der Waals surface area contributed by atoms with Gasteiger partial charge in [-0.05, 0) is 51.2 Å². The third-order valence-electron chi connectivity index (χ3n) is 5.00. The first kappa shape index (κ1) is 15.4. The van der Waals surface area contributed by atoms with E-state index in [2.05, 4.69) is 51.7 Å². The van der Waals surface area contributed by atoms with E-state index >= 15 is 0 Å². The van der Waals surface area contributed by atoms with E-state index in [-0.39, 0.29) is 18.3 Å². The molecule has 0 spiro atoms. The Balaban J connectivity index is 2.15. The first-order valence-corrected chi connectivity index (χ1v) is 7.83. The molecule has 118 valence electrons. The number of fused-ring (bicyclic) bond motifs is 1. The fourth-order valence-electron chi connectivity index (χ4n) is 2.95. The second-order valence-corrected chi connectivity index (χ2v) is 6.87. The number of benzene rings is 1. The van der Waals surface area contributed by atoms with Crippen LogP contribution < -0.4 is 10.2 Å². The summed E-state index contributed by atoms with van der Waals surface area (Å²) in [6.45, 7) is 10.4. The van der Waals surface area contributed by atoms with Crippen molar-refractivity contribution < 1.29 is 14.0 Å². The summed E-state index contributed by atoms with van der Waals surface area (Å²) in [7, 11) is 1.35. The fourth-order valence-corrected chi connectivity index (χ4v) is 2.95. The van der Waals surface area contributed by atoms with Gasteiger partial charge in [0.05, 0.1) is 23.8 Å². The SMILES string of the molecule is CCc1cc(B2OC(C)(C)C(C)(C)O2)c2cc[nH]c2c1OC. The van der Waals surface area contributed by atoms with Crippen LogP contribution in [0.25, 0.3) is 10.9 Å². The molecule has 1 aliphatic heterocycles. The lowest BCUT2D eigenvalue weighted by Crippen LogP contribution is -2.41. The van der Waals surface area contributed by atoms with Gasteiger partial charge < -0.3 is 19.0 Å². The maximum atomic E-state index is 6.22. The van der Waals surface area contributed by atoms with Crippen LogP contribution >= 0.6 is 0 Å². The minimum absolute atomic E-state index is 0.341. The van der Waals surface area contributed by atoms with Crippen molar-refractivity contribution in [2.45, 2.75) is 52.2 Å². The third-order valence-corrected chi connectivity index (χ3v) is 5.00. The highest BCUT2D eigenvalue weighted by Crippen LogP contribution is 2.38. The molecule has 5 heteroatoms. The molecular weight excluding hydrogens is 277 g/mol. The largest absolute Gasteiger partial charge is 0.495 e. The summed E-state index contributed by atoms with van der Waals surface area (Å²) in [4.78, 5) is 3.28. The second-order valence-electron chi connectivity index (χ2n) is 6.87. The molecule has 2 aromatic rings. The normalized spacial score (nSPS) is 19.8. The molecule has 1 N–H and O–H groups in total. The lowest BCUT2D eigenvalue weighted by atomic mass is 9.76. The third kappa shape index (κ3) is 2.15. The number of nitrogens with one attached hydrogen (secondary N) is 1. The van der Waals surface area contributed by atoms with E-state index in [1.54, 1.807) is 7.11 Å². The van der Waals surface area contributed by atoms with Gasteiger partial charge in [0.25, 0.3) is 0 Å². The highest BCUT2D eigenvalue weighted by Gasteiger charge is 2.52. The lowest BCUT2D eigenvalue weighted by Gasteiger charge is -2.32. The van der Waals surface area contributed by atoms with Crippen molar-refractivity contribution in [2.75, 3.05) is 7.11 Å². The summed E-state index contributed by atoms with van der Waals surface area (Å²) in [6.07, 6.45) is 2.83. The molecule has 1 aliphatic rings. The number of aromatic amines is 1. The Morgan fingerprint density at radius 2 is 1.82 bits per heavy atom. The van der Waals surface area contributed by atoms with Crippen molar-refractivity contribution in [3.05, 3.63) is 23.9 Å². The average Bonchev–Trinajstić information content (AvgIpc) is 3.00. The zero-order chi connectivity index (χ0) is 16.1. The van der Waals surface area contributed by atoms with Gasteiger partial charge in [-0.15, -0.1) is 0 Å². The molecule has 0 amide bonds. The molecule has 1 saturated heterocycles. The zero-order valence-corrected chi connectivity index (χ0v) is 14.2. The molecule has 3 rings (SSSR count). The summed E-state index contributed by atoms with van der Waals surface area (Å²) in [5.41, 5.74) is 2.54. The van der Waals surface area contributed by atoms with Crippen molar-refractivity contribution in [3.8, 4) is 5.75 Å². The molecule has 22 heavy (non-hydrogen) atoms. The maximum Gasteiger partial charge on any atom is 0.495 e. The Morgan fingerprint density at radius 3 is 2.36 bits per heavy atom. The molecule has 0 saturated carbocycles. The monoisotopic (exact) mass is 301 g/mol. The van der Waals surface area contributed by atoms with Gasteiger partial charge in [0, 0.05) is 11.6 Å². The van der Waals surface area contributed by atoms with E-state index in [0.717, 1.165) is 34.1 Å². The van der Waals surface area contributed by atoms with Crippen LogP contribution in [0.4, 0.5) is 0 Å². The molecule has 4 nitrogen and oxygen atoms in total. The number of H-pyrrole nitrogens is 1. The highest BCUT2D eigenvalue weighted by molar-refractivity contribution is 6.65. The molecule has 0 aliphatic carbocycles. The van der Waals surface area contributed by atoms with Crippen LogP contribution in [0.5, 0.6) is 5.75 Å². The minimum Gasteiger partial charge on any atom is -0.494 e. The van der Waals surface area contributed by atoms with Crippen molar-refractivity contribution in [3.63, 3.8) is 0 Å². The van der Waals surface area contributed by atoms with Crippen LogP contribution in [0, 0.1) is 0 Å². The number of aryl methyl sites for hydroxylation is 1. The summed E-state index contributed by atoms with van der Waals surface area (Å²) in [5, 5.41) is 1.09. The standard InChI is InChI=1S/C17H24BNO3/c1-7-11-10-13(12-8-9-19-14(12)15(11)20-6)18-21-16(2,3)17(4,5)22-18/h8-10,19H,7H2,1-6H3. The Morgan fingerprint density at radius 1 is 1.18 bits per heavy atom. The molecule has 0 atom stereocenters. The van der Waals surface area contributed by atoms with Gasteiger partial charge >= 0.3 is 7.12 Å². The number of hydrogen-bond donors (Lipinski definition) is 1. The Hall–Kier alpha value is -1.46. The molecule has 0 bridgehead atoms. The Bertz CT molecular complexity index is 689. The molecular formula is C17H24BNO3. The van der Waals surface area contributed by atoms with Gasteiger partial charge in [-0.2, -0.15) is 0 Å². The molecule has 0 radical (unpaired) electrons. The van der Waals surface area contributed by atoms with E-state index < -0.39 is 0 Å². The number of hydrogen-bond acceptors (Lipinski definition) is 3. The lowest BCUT2D eigenvalue weighted by molar-refractivity contribution is 0.00578. The van der Waals surface area contributed by atoms with Gasteiger partial charge in [0.2, 0.25) is 0 Å². The minimum atomic E-state index is -0.362. The summed E-state index contributed by atoms with van der Waals surface area (Å²) in [6, 6.07) is 4.20. The van der Waals surface area contributed by atoms with E-state index in [0.29, 0.717) is 0 Å². The molecule has 1 aromatic carbocycles.